The second kappa shape index (κ2) is 4.76. The first-order valence-electron chi connectivity index (χ1n) is 5.39. The molecule has 0 unspecified atom stereocenters. The normalized spacial score (nSPS) is 11.7. The molecule has 0 aromatic carbocycles. The third kappa shape index (κ3) is 2.67. The summed E-state index contributed by atoms with van der Waals surface area (Å²) in [5.41, 5.74) is 1.18. The molecule has 8 heteroatoms. The number of alkyl halides is 3. The second-order valence-electron chi connectivity index (χ2n) is 3.87. The molecule has 0 amide bonds. The number of anilines is 1. The third-order valence-electron chi connectivity index (χ3n) is 2.48. The lowest BCUT2D eigenvalue weighted by Crippen LogP contribution is -2.03. The van der Waals surface area contributed by atoms with Gasteiger partial charge < -0.3 is 5.32 Å². The van der Waals surface area contributed by atoms with Crippen molar-refractivity contribution in [2.45, 2.75) is 20.0 Å². The Bertz CT molecular complexity index is 606. The van der Waals surface area contributed by atoms with Gasteiger partial charge in [-0.15, -0.1) is 11.3 Å². The molecular weight excluding hydrogens is 277 g/mol. The lowest BCUT2D eigenvalue weighted by molar-refractivity contribution is -0.137. The van der Waals surface area contributed by atoms with Gasteiger partial charge in [-0.25, -0.2) is 15.0 Å². The van der Waals surface area contributed by atoms with Crippen LogP contribution in [0.3, 0.4) is 0 Å². The molecule has 0 atom stereocenters. The van der Waals surface area contributed by atoms with Gasteiger partial charge in [-0.2, -0.15) is 13.2 Å². The largest absolute Gasteiger partial charge is 0.443 e. The Labute approximate surface area is 111 Å². The summed E-state index contributed by atoms with van der Waals surface area (Å²) in [4.78, 5) is 12.2. The minimum absolute atomic E-state index is 0.381. The number of hydrogen-bond acceptors (Lipinski definition) is 5. The topological polar surface area (TPSA) is 50.7 Å². The van der Waals surface area contributed by atoms with Gasteiger partial charge in [-0.05, 0) is 13.8 Å². The molecule has 0 fully saturated rings. The van der Waals surface area contributed by atoms with E-state index in [9.17, 15) is 13.2 Å². The van der Waals surface area contributed by atoms with E-state index in [1.54, 1.807) is 20.9 Å². The van der Waals surface area contributed by atoms with Gasteiger partial charge in [0.1, 0.15) is 11.6 Å². The van der Waals surface area contributed by atoms with Gasteiger partial charge in [-0.1, -0.05) is 0 Å². The van der Waals surface area contributed by atoms with Crippen molar-refractivity contribution >= 4 is 17.2 Å². The summed E-state index contributed by atoms with van der Waals surface area (Å²) in [6, 6.07) is 0. The zero-order chi connectivity index (χ0) is 14.2. The van der Waals surface area contributed by atoms with Crippen molar-refractivity contribution < 1.29 is 13.2 Å². The minimum Gasteiger partial charge on any atom is -0.373 e. The van der Waals surface area contributed by atoms with Crippen LogP contribution in [0.2, 0.25) is 0 Å². The molecule has 4 nitrogen and oxygen atoms in total. The van der Waals surface area contributed by atoms with Crippen molar-refractivity contribution in [3.63, 3.8) is 0 Å². The molecule has 0 aliphatic heterocycles. The van der Waals surface area contributed by atoms with E-state index in [-0.39, 0.29) is 0 Å². The summed E-state index contributed by atoms with van der Waals surface area (Å²) in [5, 5.41) is 2.02. The van der Waals surface area contributed by atoms with E-state index >= 15 is 0 Å². The van der Waals surface area contributed by atoms with Crippen LogP contribution in [0, 0.1) is 13.8 Å². The van der Waals surface area contributed by atoms with E-state index in [0.29, 0.717) is 39.1 Å². The molecule has 0 bridgehead atoms. The van der Waals surface area contributed by atoms with E-state index in [2.05, 4.69) is 20.3 Å². The Morgan fingerprint density at radius 1 is 1.21 bits per heavy atom. The van der Waals surface area contributed by atoms with Gasteiger partial charge in [0.15, 0.2) is 5.01 Å². The van der Waals surface area contributed by atoms with Gasteiger partial charge >= 0.3 is 6.18 Å². The van der Waals surface area contributed by atoms with Crippen LogP contribution in [0.4, 0.5) is 19.0 Å². The van der Waals surface area contributed by atoms with Gasteiger partial charge in [0.2, 0.25) is 0 Å². The maximum absolute atomic E-state index is 12.5. The predicted molar refractivity (Wildman–Crippen MR) is 67.2 cm³/mol. The molecule has 0 aliphatic carbocycles. The molecule has 2 aromatic rings. The maximum atomic E-state index is 12.5. The van der Waals surface area contributed by atoms with Crippen molar-refractivity contribution in [1.29, 1.82) is 0 Å². The van der Waals surface area contributed by atoms with Crippen LogP contribution in [-0.2, 0) is 6.18 Å². The minimum atomic E-state index is -4.43. The van der Waals surface area contributed by atoms with Gasteiger partial charge in [0, 0.05) is 18.8 Å². The smallest absolute Gasteiger partial charge is 0.373 e. The van der Waals surface area contributed by atoms with Gasteiger partial charge in [0.25, 0.3) is 0 Å². The zero-order valence-electron chi connectivity index (χ0n) is 10.5. The highest BCUT2D eigenvalue weighted by Gasteiger charge is 2.35. The Hall–Kier alpha value is -1.70. The Kier molecular flexibility index (Phi) is 3.44. The summed E-state index contributed by atoms with van der Waals surface area (Å²) in [5.74, 6) is 1.09. The van der Waals surface area contributed by atoms with Crippen LogP contribution in [0.5, 0.6) is 0 Å². The van der Waals surface area contributed by atoms with Crippen molar-refractivity contribution in [3.8, 4) is 10.6 Å². The first kappa shape index (κ1) is 13.7. The molecule has 0 saturated carbocycles. The first-order chi connectivity index (χ1) is 8.82. The third-order valence-corrected chi connectivity index (χ3v) is 3.52. The van der Waals surface area contributed by atoms with Crippen molar-refractivity contribution in [2.24, 2.45) is 0 Å². The fourth-order valence-corrected chi connectivity index (χ4v) is 2.46. The van der Waals surface area contributed by atoms with E-state index in [1.165, 1.54) is 6.20 Å². The summed E-state index contributed by atoms with van der Waals surface area (Å²) in [6.07, 6.45) is -3.23. The number of hydrogen-bond donors (Lipinski definition) is 1. The van der Waals surface area contributed by atoms with Crippen LogP contribution < -0.4 is 5.32 Å². The molecule has 1 N–H and O–H groups in total. The number of halogens is 3. The summed E-state index contributed by atoms with van der Waals surface area (Å²) < 4.78 is 37.6. The van der Waals surface area contributed by atoms with Crippen molar-refractivity contribution in [1.82, 2.24) is 15.0 Å². The lowest BCUT2D eigenvalue weighted by Gasteiger charge is -2.09. The van der Waals surface area contributed by atoms with E-state index in [4.69, 9.17) is 0 Å². The average Bonchev–Trinajstić information content (AvgIpc) is 2.80. The van der Waals surface area contributed by atoms with Gasteiger partial charge in [-0.3, -0.25) is 0 Å². The monoisotopic (exact) mass is 288 g/mol. The molecule has 102 valence electrons. The number of nitrogens with one attached hydrogen (secondary N) is 1. The van der Waals surface area contributed by atoms with Crippen LogP contribution in [0.1, 0.15) is 16.4 Å². The summed E-state index contributed by atoms with van der Waals surface area (Å²) in [6.45, 7) is 3.45. The fraction of sp³-hybridized carbons (Fsp3) is 0.364. The number of rotatable bonds is 2. The van der Waals surface area contributed by atoms with Crippen molar-refractivity contribution in [2.75, 3.05) is 12.4 Å². The van der Waals surface area contributed by atoms with E-state index < -0.39 is 11.2 Å². The van der Waals surface area contributed by atoms with E-state index in [1.807, 2.05) is 0 Å². The average molecular weight is 288 g/mol. The molecule has 0 aliphatic rings. The Balaban J connectivity index is 2.53. The number of aromatic nitrogens is 3. The Morgan fingerprint density at radius 3 is 2.42 bits per heavy atom. The molecule has 2 rings (SSSR count). The standard InChI is InChI=1S/C11H11F3N4S/c1-5-8(17-6(2)18-9(5)15-3)7-4-16-10(19-7)11(12,13)14/h4H,1-3H3,(H,15,17,18). The zero-order valence-corrected chi connectivity index (χ0v) is 11.3. The second-order valence-corrected chi connectivity index (χ2v) is 4.90. The molecule has 0 radical (unpaired) electrons. The summed E-state index contributed by atoms with van der Waals surface area (Å²) in [7, 11) is 1.70. The highest BCUT2D eigenvalue weighted by atomic mass is 32.1. The Morgan fingerprint density at radius 2 is 1.89 bits per heavy atom. The number of nitrogens with zero attached hydrogens (tertiary/aromatic N) is 3. The molecule has 2 heterocycles. The van der Waals surface area contributed by atoms with Crippen LogP contribution in [0.15, 0.2) is 6.20 Å². The highest BCUT2D eigenvalue weighted by molar-refractivity contribution is 7.15. The molecule has 19 heavy (non-hydrogen) atoms. The van der Waals surface area contributed by atoms with E-state index in [0.717, 1.165) is 0 Å². The maximum Gasteiger partial charge on any atom is 0.443 e. The summed E-state index contributed by atoms with van der Waals surface area (Å²) >= 11 is 0.581. The fourth-order valence-electron chi connectivity index (χ4n) is 1.63. The first-order valence-corrected chi connectivity index (χ1v) is 6.21. The quantitative estimate of drug-likeness (QED) is 0.921. The predicted octanol–water partition coefficient (Wildman–Crippen LogP) is 3.28. The molecule has 0 spiro atoms. The molecular formula is C11H11F3N4S. The lowest BCUT2D eigenvalue weighted by atomic mass is 10.2. The van der Waals surface area contributed by atoms with Crippen LogP contribution in [0.25, 0.3) is 10.6 Å². The molecule has 2 aromatic heterocycles. The van der Waals surface area contributed by atoms with Gasteiger partial charge in [0.05, 0.1) is 10.6 Å². The highest BCUT2D eigenvalue weighted by Crippen LogP contribution is 2.37. The number of aryl methyl sites for hydroxylation is 1. The van der Waals surface area contributed by atoms with Crippen LogP contribution in [-0.4, -0.2) is 22.0 Å². The van der Waals surface area contributed by atoms with Crippen LogP contribution >= 0.6 is 11.3 Å². The SMILES string of the molecule is CNc1nc(C)nc(-c2cnc(C(F)(F)F)s2)c1C. The van der Waals surface area contributed by atoms with Crippen molar-refractivity contribution in [3.05, 3.63) is 22.6 Å². The number of thiazole rings is 1. The molecule has 0 saturated heterocycles.